The van der Waals surface area contributed by atoms with Crippen LogP contribution in [0.2, 0.25) is 0 Å². The van der Waals surface area contributed by atoms with E-state index in [-0.39, 0.29) is 11.6 Å². The van der Waals surface area contributed by atoms with Crippen molar-refractivity contribution in [2.75, 3.05) is 6.54 Å². The van der Waals surface area contributed by atoms with Crippen molar-refractivity contribution in [3.63, 3.8) is 0 Å². The molecule has 3 nitrogen and oxygen atoms in total. The molecule has 1 spiro atoms. The van der Waals surface area contributed by atoms with Gasteiger partial charge in [-0.05, 0) is 19.4 Å². The fourth-order valence-electron chi connectivity index (χ4n) is 3.77. The van der Waals surface area contributed by atoms with Crippen LogP contribution < -0.4 is 0 Å². The molecule has 4 aliphatic rings. The molecule has 3 heterocycles. The van der Waals surface area contributed by atoms with E-state index in [2.05, 4.69) is 17.1 Å². The van der Waals surface area contributed by atoms with Gasteiger partial charge in [-0.2, -0.15) is 0 Å². The molecule has 0 saturated carbocycles. The maximum atomic E-state index is 11.4. The Morgan fingerprint density at radius 3 is 3.40 bits per heavy atom. The summed E-state index contributed by atoms with van der Waals surface area (Å²) < 4.78 is 5.63. The summed E-state index contributed by atoms with van der Waals surface area (Å²) in [4.78, 5) is 13.9. The molecule has 3 heteroatoms. The maximum absolute atomic E-state index is 11.4. The van der Waals surface area contributed by atoms with Gasteiger partial charge >= 0.3 is 5.97 Å². The minimum Gasteiger partial charge on any atom is -0.449 e. The Labute approximate surface area is 88.4 Å². The van der Waals surface area contributed by atoms with Crippen molar-refractivity contribution in [1.29, 1.82) is 0 Å². The van der Waals surface area contributed by atoms with Gasteiger partial charge < -0.3 is 4.74 Å². The molecule has 4 rings (SSSR count). The zero-order valence-electron chi connectivity index (χ0n) is 8.48. The molecule has 15 heavy (non-hydrogen) atoms. The van der Waals surface area contributed by atoms with E-state index in [1.165, 1.54) is 12.8 Å². The van der Waals surface area contributed by atoms with E-state index < -0.39 is 0 Å². The van der Waals surface area contributed by atoms with Gasteiger partial charge in [0.15, 0.2) is 5.60 Å². The number of ether oxygens (including phenoxy) is 1. The van der Waals surface area contributed by atoms with Crippen LogP contribution in [-0.2, 0) is 9.53 Å². The topological polar surface area (TPSA) is 29.5 Å². The number of carbonyl (C=O) groups excluding carboxylic acids is 1. The van der Waals surface area contributed by atoms with Gasteiger partial charge in [0.1, 0.15) is 0 Å². The van der Waals surface area contributed by atoms with Gasteiger partial charge in [-0.1, -0.05) is 12.2 Å². The van der Waals surface area contributed by atoms with Crippen molar-refractivity contribution >= 4 is 5.97 Å². The number of hydrogen-bond donors (Lipinski definition) is 0. The average molecular weight is 203 g/mol. The van der Waals surface area contributed by atoms with Crippen LogP contribution in [0, 0.1) is 0 Å². The molecule has 0 N–H and O–H groups in total. The highest BCUT2D eigenvalue weighted by Gasteiger charge is 2.60. The largest absolute Gasteiger partial charge is 0.449 e. The smallest absolute Gasteiger partial charge is 0.332 e. The summed E-state index contributed by atoms with van der Waals surface area (Å²) in [6, 6.07) is 0.941. The third-order valence-electron chi connectivity index (χ3n) is 4.31. The summed E-state index contributed by atoms with van der Waals surface area (Å²) in [5, 5.41) is 0. The number of fused-ring (bicyclic) bond motifs is 3. The molecule has 3 aliphatic heterocycles. The Morgan fingerprint density at radius 1 is 1.53 bits per heavy atom. The summed E-state index contributed by atoms with van der Waals surface area (Å²) >= 11 is 0. The molecule has 0 aromatic rings. The first-order valence-electron chi connectivity index (χ1n) is 5.69. The molecule has 2 fully saturated rings. The molecule has 3 atom stereocenters. The number of rotatable bonds is 0. The van der Waals surface area contributed by atoms with Crippen LogP contribution in [0.3, 0.4) is 0 Å². The van der Waals surface area contributed by atoms with Crippen LogP contribution in [0.1, 0.15) is 19.3 Å². The molecular weight excluding hydrogens is 190 g/mol. The zero-order chi connectivity index (χ0) is 10.0. The molecule has 1 aliphatic carbocycles. The highest BCUT2D eigenvalue weighted by Crippen LogP contribution is 2.51. The standard InChI is InChI=1S/C12H13NO2/c14-11-6-8-3-4-9-7-12(8,15-11)10-2-1-5-13(9)10/h3-4,6,9-10H,1-2,5,7H2/t9-,10?,12?/m0/s1. The second-order valence-corrected chi connectivity index (χ2v) is 4.94. The second kappa shape index (κ2) is 2.35. The van der Waals surface area contributed by atoms with Gasteiger partial charge in [-0.3, -0.25) is 4.90 Å². The molecule has 2 unspecified atom stereocenters. The van der Waals surface area contributed by atoms with Crippen LogP contribution in [-0.4, -0.2) is 35.1 Å². The predicted octanol–water partition coefficient (Wildman–Crippen LogP) is 1.01. The molecular formula is C12H13NO2. The van der Waals surface area contributed by atoms with Gasteiger partial charge in [-0.25, -0.2) is 4.79 Å². The lowest BCUT2D eigenvalue weighted by atomic mass is 9.81. The van der Waals surface area contributed by atoms with Crippen molar-refractivity contribution in [2.24, 2.45) is 0 Å². The SMILES string of the molecule is O=C1C=C2C=C[C@H]3CC2(O1)C1CCCN13. The molecule has 2 bridgehead atoms. The van der Waals surface area contributed by atoms with Crippen molar-refractivity contribution in [3.05, 3.63) is 23.8 Å². The normalized spacial score (nSPS) is 46.4. The van der Waals surface area contributed by atoms with E-state index in [0.29, 0.717) is 12.1 Å². The zero-order valence-corrected chi connectivity index (χ0v) is 8.48. The Morgan fingerprint density at radius 2 is 2.47 bits per heavy atom. The fraction of sp³-hybridized carbons (Fsp3) is 0.583. The summed E-state index contributed by atoms with van der Waals surface area (Å²) in [5.41, 5.74) is 0.839. The van der Waals surface area contributed by atoms with Crippen molar-refractivity contribution in [1.82, 2.24) is 4.90 Å². The van der Waals surface area contributed by atoms with Crippen LogP contribution in [0.5, 0.6) is 0 Å². The first-order chi connectivity index (χ1) is 7.29. The average Bonchev–Trinajstić information content (AvgIpc) is 2.82. The highest BCUT2D eigenvalue weighted by atomic mass is 16.6. The van der Waals surface area contributed by atoms with E-state index in [9.17, 15) is 4.79 Å². The van der Waals surface area contributed by atoms with E-state index in [4.69, 9.17) is 4.74 Å². The molecule has 2 saturated heterocycles. The molecule has 0 aromatic carbocycles. The molecule has 0 aromatic heterocycles. The van der Waals surface area contributed by atoms with Gasteiger partial charge in [-0.15, -0.1) is 0 Å². The quantitative estimate of drug-likeness (QED) is 0.550. The molecule has 0 amide bonds. The first-order valence-corrected chi connectivity index (χ1v) is 5.69. The second-order valence-electron chi connectivity index (χ2n) is 4.94. The molecule has 78 valence electrons. The van der Waals surface area contributed by atoms with E-state index >= 15 is 0 Å². The van der Waals surface area contributed by atoms with Gasteiger partial charge in [0.05, 0.1) is 6.04 Å². The van der Waals surface area contributed by atoms with Gasteiger partial charge in [0, 0.05) is 24.1 Å². The Balaban J connectivity index is 1.89. The van der Waals surface area contributed by atoms with Crippen molar-refractivity contribution in [2.45, 2.75) is 36.9 Å². The third kappa shape index (κ3) is 0.797. The molecule has 0 radical (unpaired) electrons. The summed E-state index contributed by atoms with van der Waals surface area (Å²) in [6.45, 7) is 1.16. The van der Waals surface area contributed by atoms with Crippen molar-refractivity contribution in [3.8, 4) is 0 Å². The monoisotopic (exact) mass is 203 g/mol. The summed E-state index contributed by atoms with van der Waals surface area (Å²) in [7, 11) is 0. The first kappa shape index (κ1) is 8.11. The summed E-state index contributed by atoms with van der Waals surface area (Å²) in [6.07, 6.45) is 9.39. The third-order valence-corrected chi connectivity index (χ3v) is 4.31. The minimum atomic E-state index is -0.271. The number of carbonyl (C=O) groups is 1. The number of hydrogen-bond acceptors (Lipinski definition) is 3. The lowest BCUT2D eigenvalue weighted by Gasteiger charge is -2.31. The lowest BCUT2D eigenvalue weighted by molar-refractivity contribution is -0.147. The van der Waals surface area contributed by atoms with Crippen LogP contribution in [0.4, 0.5) is 0 Å². The van der Waals surface area contributed by atoms with Crippen LogP contribution in [0.25, 0.3) is 0 Å². The van der Waals surface area contributed by atoms with Gasteiger partial charge in [0.2, 0.25) is 0 Å². The Kier molecular flexibility index (Phi) is 1.27. The van der Waals surface area contributed by atoms with Gasteiger partial charge in [0.25, 0.3) is 0 Å². The Bertz CT molecular complexity index is 412. The summed E-state index contributed by atoms with van der Waals surface area (Å²) in [5.74, 6) is -0.149. The minimum absolute atomic E-state index is 0.149. The van der Waals surface area contributed by atoms with Crippen LogP contribution >= 0.6 is 0 Å². The van der Waals surface area contributed by atoms with Crippen molar-refractivity contribution < 1.29 is 9.53 Å². The Hall–Kier alpha value is -1.09. The van der Waals surface area contributed by atoms with E-state index in [0.717, 1.165) is 18.5 Å². The fourth-order valence-corrected chi connectivity index (χ4v) is 3.77. The predicted molar refractivity (Wildman–Crippen MR) is 54.2 cm³/mol. The number of nitrogens with zero attached hydrogens (tertiary/aromatic N) is 1. The maximum Gasteiger partial charge on any atom is 0.332 e. The highest BCUT2D eigenvalue weighted by molar-refractivity contribution is 5.88. The lowest BCUT2D eigenvalue weighted by Crippen LogP contribution is -2.42. The van der Waals surface area contributed by atoms with E-state index in [1.807, 2.05) is 0 Å². The number of esters is 1. The van der Waals surface area contributed by atoms with E-state index in [1.54, 1.807) is 6.08 Å². The van der Waals surface area contributed by atoms with Crippen LogP contribution in [0.15, 0.2) is 23.8 Å².